The van der Waals surface area contributed by atoms with Gasteiger partial charge in [-0.15, -0.1) is 0 Å². The van der Waals surface area contributed by atoms with Crippen LogP contribution in [0.1, 0.15) is 51.4 Å². The zero-order chi connectivity index (χ0) is 13.1. The number of cyclic esters (lactones) is 2. The van der Waals surface area contributed by atoms with Gasteiger partial charge in [0, 0.05) is 12.2 Å². The zero-order valence-electron chi connectivity index (χ0n) is 10.9. The van der Waals surface area contributed by atoms with Crippen molar-refractivity contribution in [2.24, 2.45) is 0 Å². The Labute approximate surface area is 108 Å². The standard InChI is InChI=1S/C14H22O4/c15-13-9-10-14(16)18-12-8-6-4-2-1-3-5-7-11-17-13/h9-10H,1-8,11-12H2/b10-9-. The maximum atomic E-state index is 11.2. The fourth-order valence-corrected chi connectivity index (χ4v) is 1.84. The first-order valence-corrected chi connectivity index (χ1v) is 6.80. The first-order chi connectivity index (χ1) is 8.79. The Bertz CT molecular complexity index is 256. The van der Waals surface area contributed by atoms with Crippen molar-refractivity contribution in [2.45, 2.75) is 51.4 Å². The van der Waals surface area contributed by atoms with Gasteiger partial charge in [0.1, 0.15) is 0 Å². The molecule has 18 heavy (non-hydrogen) atoms. The van der Waals surface area contributed by atoms with E-state index in [1.165, 1.54) is 25.7 Å². The lowest BCUT2D eigenvalue weighted by Crippen LogP contribution is -2.06. The minimum absolute atomic E-state index is 0.429. The molecule has 0 atom stereocenters. The summed E-state index contributed by atoms with van der Waals surface area (Å²) in [4.78, 5) is 22.4. The topological polar surface area (TPSA) is 52.6 Å². The molecule has 1 aliphatic heterocycles. The van der Waals surface area contributed by atoms with Gasteiger partial charge in [0.05, 0.1) is 13.2 Å². The highest BCUT2D eigenvalue weighted by Crippen LogP contribution is 2.09. The van der Waals surface area contributed by atoms with Gasteiger partial charge < -0.3 is 9.47 Å². The Morgan fingerprint density at radius 3 is 1.33 bits per heavy atom. The largest absolute Gasteiger partial charge is 0.463 e. The van der Waals surface area contributed by atoms with Crippen LogP contribution in [0, 0.1) is 0 Å². The van der Waals surface area contributed by atoms with Gasteiger partial charge in [-0.1, -0.05) is 38.5 Å². The summed E-state index contributed by atoms with van der Waals surface area (Å²) in [5, 5.41) is 0. The summed E-state index contributed by atoms with van der Waals surface area (Å²) in [7, 11) is 0. The van der Waals surface area contributed by atoms with E-state index in [4.69, 9.17) is 9.47 Å². The van der Waals surface area contributed by atoms with Crippen LogP contribution in [-0.4, -0.2) is 25.2 Å². The summed E-state index contributed by atoms with van der Waals surface area (Å²) in [6, 6.07) is 0. The fourth-order valence-electron chi connectivity index (χ4n) is 1.84. The van der Waals surface area contributed by atoms with Crippen molar-refractivity contribution in [1.82, 2.24) is 0 Å². The zero-order valence-corrected chi connectivity index (χ0v) is 10.9. The van der Waals surface area contributed by atoms with Gasteiger partial charge >= 0.3 is 11.9 Å². The van der Waals surface area contributed by atoms with Crippen LogP contribution in [-0.2, 0) is 19.1 Å². The molecule has 0 spiro atoms. The average molecular weight is 254 g/mol. The highest BCUT2D eigenvalue weighted by molar-refractivity contribution is 5.91. The van der Waals surface area contributed by atoms with Gasteiger partial charge in [-0.2, -0.15) is 0 Å². The normalized spacial score (nSPS) is 22.9. The van der Waals surface area contributed by atoms with Crippen LogP contribution in [0.4, 0.5) is 0 Å². The van der Waals surface area contributed by atoms with Crippen LogP contribution >= 0.6 is 0 Å². The molecule has 102 valence electrons. The van der Waals surface area contributed by atoms with Crippen molar-refractivity contribution in [2.75, 3.05) is 13.2 Å². The quantitative estimate of drug-likeness (QED) is 0.624. The summed E-state index contributed by atoms with van der Waals surface area (Å²) in [6.45, 7) is 0.858. The molecular formula is C14H22O4. The Balaban J connectivity index is 2.32. The third kappa shape index (κ3) is 7.87. The highest BCUT2D eigenvalue weighted by atomic mass is 16.5. The van der Waals surface area contributed by atoms with E-state index in [-0.39, 0.29) is 0 Å². The minimum Gasteiger partial charge on any atom is -0.463 e. The van der Waals surface area contributed by atoms with Gasteiger partial charge in [0.2, 0.25) is 0 Å². The first kappa shape index (κ1) is 14.7. The highest BCUT2D eigenvalue weighted by Gasteiger charge is 2.02. The maximum absolute atomic E-state index is 11.2. The fraction of sp³-hybridized carbons (Fsp3) is 0.714. The predicted molar refractivity (Wildman–Crippen MR) is 68.0 cm³/mol. The van der Waals surface area contributed by atoms with Gasteiger partial charge in [0.25, 0.3) is 0 Å². The molecule has 0 amide bonds. The Kier molecular flexibility index (Phi) is 7.93. The summed E-state index contributed by atoms with van der Waals surface area (Å²) < 4.78 is 9.92. The number of carbonyl (C=O) groups is 2. The van der Waals surface area contributed by atoms with E-state index in [1.807, 2.05) is 0 Å². The molecule has 0 aromatic heterocycles. The Morgan fingerprint density at radius 2 is 0.944 bits per heavy atom. The van der Waals surface area contributed by atoms with Crippen LogP contribution in [0.5, 0.6) is 0 Å². The summed E-state index contributed by atoms with van der Waals surface area (Å²) in [5.41, 5.74) is 0. The molecule has 0 unspecified atom stereocenters. The number of hydrogen-bond acceptors (Lipinski definition) is 4. The Hall–Kier alpha value is -1.32. The van der Waals surface area contributed by atoms with Gasteiger partial charge in [-0.05, 0) is 12.8 Å². The Morgan fingerprint density at radius 1 is 0.611 bits per heavy atom. The van der Waals surface area contributed by atoms with Crippen LogP contribution in [0.15, 0.2) is 12.2 Å². The molecule has 0 saturated carbocycles. The smallest absolute Gasteiger partial charge is 0.331 e. The van der Waals surface area contributed by atoms with Crippen LogP contribution < -0.4 is 0 Å². The number of esters is 2. The second-order valence-corrected chi connectivity index (χ2v) is 4.50. The lowest BCUT2D eigenvalue weighted by Gasteiger charge is -2.05. The third-order valence-corrected chi connectivity index (χ3v) is 2.88. The second kappa shape index (κ2) is 9.68. The van der Waals surface area contributed by atoms with E-state index in [9.17, 15) is 9.59 Å². The van der Waals surface area contributed by atoms with E-state index < -0.39 is 11.9 Å². The van der Waals surface area contributed by atoms with Crippen molar-refractivity contribution < 1.29 is 19.1 Å². The average Bonchev–Trinajstić information content (AvgIpc) is 2.36. The molecule has 0 aromatic rings. The van der Waals surface area contributed by atoms with Crippen molar-refractivity contribution in [3.63, 3.8) is 0 Å². The molecular weight excluding hydrogens is 232 g/mol. The third-order valence-electron chi connectivity index (χ3n) is 2.88. The molecule has 1 heterocycles. The number of carbonyl (C=O) groups excluding carboxylic acids is 2. The molecule has 0 N–H and O–H groups in total. The molecule has 0 saturated heterocycles. The lowest BCUT2D eigenvalue weighted by atomic mass is 10.1. The minimum atomic E-state index is -0.473. The van der Waals surface area contributed by atoms with Crippen molar-refractivity contribution in [3.8, 4) is 0 Å². The second-order valence-electron chi connectivity index (χ2n) is 4.50. The van der Waals surface area contributed by atoms with Crippen LogP contribution in [0.3, 0.4) is 0 Å². The molecule has 1 aliphatic rings. The molecule has 0 aromatic carbocycles. The summed E-state index contributed by atoms with van der Waals surface area (Å²) in [6.07, 6.45) is 11.1. The number of ether oxygens (including phenoxy) is 2. The first-order valence-electron chi connectivity index (χ1n) is 6.80. The van der Waals surface area contributed by atoms with Crippen LogP contribution in [0.2, 0.25) is 0 Å². The summed E-state index contributed by atoms with van der Waals surface area (Å²) in [5.74, 6) is -0.946. The van der Waals surface area contributed by atoms with E-state index in [1.54, 1.807) is 0 Å². The van der Waals surface area contributed by atoms with Crippen molar-refractivity contribution in [1.29, 1.82) is 0 Å². The molecule has 0 bridgehead atoms. The SMILES string of the molecule is O=C1/C=C\C(=O)OCCCCCCCCCCO1. The van der Waals surface area contributed by atoms with Crippen molar-refractivity contribution >= 4 is 11.9 Å². The molecule has 1 rings (SSSR count). The molecule has 0 fully saturated rings. The predicted octanol–water partition coefficient (Wildman–Crippen LogP) is 2.76. The van der Waals surface area contributed by atoms with Gasteiger partial charge in [0.15, 0.2) is 0 Å². The maximum Gasteiger partial charge on any atom is 0.331 e. The van der Waals surface area contributed by atoms with E-state index >= 15 is 0 Å². The van der Waals surface area contributed by atoms with Crippen molar-refractivity contribution in [3.05, 3.63) is 12.2 Å². The number of hydrogen-bond donors (Lipinski definition) is 0. The monoisotopic (exact) mass is 254 g/mol. The van der Waals surface area contributed by atoms with E-state index in [0.717, 1.165) is 37.8 Å². The summed E-state index contributed by atoms with van der Waals surface area (Å²) >= 11 is 0. The molecule has 4 nitrogen and oxygen atoms in total. The van der Waals surface area contributed by atoms with Gasteiger partial charge in [-0.25, -0.2) is 9.59 Å². The molecule has 0 aliphatic carbocycles. The van der Waals surface area contributed by atoms with Crippen LogP contribution in [0.25, 0.3) is 0 Å². The molecule has 0 radical (unpaired) electrons. The number of rotatable bonds is 0. The molecule has 4 heteroatoms. The van der Waals surface area contributed by atoms with E-state index in [0.29, 0.717) is 13.2 Å². The lowest BCUT2D eigenvalue weighted by molar-refractivity contribution is -0.140. The van der Waals surface area contributed by atoms with Gasteiger partial charge in [-0.3, -0.25) is 0 Å². The van der Waals surface area contributed by atoms with E-state index in [2.05, 4.69) is 0 Å².